The average molecular weight is 652 g/mol. The zero-order valence-electron chi connectivity index (χ0n) is 25.6. The van der Waals surface area contributed by atoms with Gasteiger partial charge in [-0.05, 0) is 31.9 Å². The molecule has 0 bridgehead atoms. The van der Waals surface area contributed by atoms with Gasteiger partial charge in [-0.15, -0.1) is 0 Å². The first kappa shape index (κ1) is 32.0. The van der Waals surface area contributed by atoms with Crippen LogP contribution in [0.5, 0.6) is 0 Å². The number of piperidine rings is 2. The smallest absolute Gasteiger partial charge is 0.284 e. The minimum atomic E-state index is -2.08. The van der Waals surface area contributed by atoms with Crippen molar-refractivity contribution in [3.05, 3.63) is 78.4 Å². The van der Waals surface area contributed by atoms with Crippen molar-refractivity contribution in [2.75, 3.05) is 5.32 Å². The lowest BCUT2D eigenvalue weighted by atomic mass is 10.0. The second-order valence-corrected chi connectivity index (χ2v) is 10.2. The molecule has 3 heterocycles. The van der Waals surface area contributed by atoms with Gasteiger partial charge in [0.1, 0.15) is 28.8 Å². The van der Waals surface area contributed by atoms with Gasteiger partial charge in [-0.1, -0.05) is 12.1 Å². The number of aromatic nitrogens is 2. The van der Waals surface area contributed by atoms with E-state index in [9.17, 15) is 53.8 Å². The fraction of sp³-hybridized carbons (Fsp3) is 0.286. The van der Waals surface area contributed by atoms with Crippen molar-refractivity contribution in [3.63, 3.8) is 0 Å². The number of benzene rings is 2. The van der Waals surface area contributed by atoms with Crippen LogP contribution in [-0.2, 0) is 24.0 Å². The molecule has 0 radical (unpaired) electrons. The molecule has 6 amide bonds. The Morgan fingerprint density at radius 1 is 0.936 bits per heavy atom. The van der Waals surface area contributed by atoms with Crippen LogP contribution in [0.25, 0.3) is 10.9 Å². The molecule has 2 fully saturated rings. The number of amides is 6. The molecule has 2 atom stereocenters. The van der Waals surface area contributed by atoms with Crippen LogP contribution in [0.4, 0.5) is 17.1 Å². The molecule has 19 nitrogen and oxygen atoms in total. The van der Waals surface area contributed by atoms with Crippen LogP contribution in [0, 0.1) is 27.2 Å². The van der Waals surface area contributed by atoms with Gasteiger partial charge in [-0.25, -0.2) is 4.98 Å². The van der Waals surface area contributed by atoms with Crippen LogP contribution >= 0.6 is 0 Å². The number of aryl methyl sites for hydroxylation is 1. The van der Waals surface area contributed by atoms with Crippen LogP contribution in [0.15, 0.2) is 41.2 Å². The van der Waals surface area contributed by atoms with Gasteiger partial charge >= 0.3 is 0 Å². The number of nitrogens with zero attached hydrogens (tertiary/aromatic N) is 4. The highest BCUT2D eigenvalue weighted by molar-refractivity contribution is 6.09. The minimum absolute atomic E-state index is 0.0403. The van der Waals surface area contributed by atoms with Gasteiger partial charge in [0.25, 0.3) is 22.8 Å². The molecule has 19 heteroatoms. The summed E-state index contributed by atoms with van der Waals surface area (Å²) in [6.07, 6.45) is -0.194. The van der Waals surface area contributed by atoms with Gasteiger partial charge in [0.2, 0.25) is 29.5 Å². The molecule has 2 aromatic carbocycles. The van der Waals surface area contributed by atoms with Crippen molar-refractivity contribution in [1.82, 2.24) is 25.5 Å². The summed E-state index contributed by atoms with van der Waals surface area (Å²) in [6, 6.07) is 4.72. The number of non-ortho nitro benzene ring substituents is 1. The molecule has 2 aliphatic heterocycles. The van der Waals surface area contributed by atoms with E-state index in [1.807, 2.05) is 5.32 Å². The molecule has 4 N–H and O–H groups in total. The van der Waals surface area contributed by atoms with Crippen molar-refractivity contribution in [2.24, 2.45) is 0 Å². The minimum Gasteiger partial charge on any atom is -0.340 e. The van der Waals surface area contributed by atoms with Gasteiger partial charge in [0.15, 0.2) is 0 Å². The Morgan fingerprint density at radius 3 is 2.13 bits per heavy atom. The van der Waals surface area contributed by atoms with E-state index >= 15 is 0 Å². The maximum Gasteiger partial charge on any atom is 0.284 e. The van der Waals surface area contributed by atoms with E-state index < -0.39 is 74.3 Å². The van der Waals surface area contributed by atoms with Gasteiger partial charge in [0.05, 0.1) is 22.4 Å². The number of nitro groups is 2. The Labute approximate surface area is 264 Å². The number of nitro benzene ring substituents is 2. The molecule has 1 aromatic heterocycles. The molecule has 5 rings (SSSR count). The number of fused-ring (bicyclic) bond motifs is 1. The standard InChI is InChI=1S/C14H14N4O6.C14H12N4O5/c1-7(19)15-8-3-2-4-10(18(23)24)12(8)14(22)16-9-5-6-11(20)17-13(9)21;1-7-15-8-3-2-4-9(18(22)23)12(8)14(21)17(7)10-5-6-11(19)16-13(10)20/h2-4,9H,5-6H2,1H3,(H,15,19)(H,16,22)(H,17,20,21);2-4,10H,5-6H2,1H3,(H,16,19,20)/i;10D. The summed E-state index contributed by atoms with van der Waals surface area (Å²) >= 11 is 0. The predicted octanol–water partition coefficient (Wildman–Crippen LogP) is 0.679. The second kappa shape index (κ2) is 13.7. The highest BCUT2D eigenvalue weighted by atomic mass is 16.6. The molecule has 3 aromatic rings. The molecule has 0 aliphatic carbocycles. The summed E-state index contributed by atoms with van der Waals surface area (Å²) in [4.78, 5) is 108. The summed E-state index contributed by atoms with van der Waals surface area (Å²) in [5, 5.41) is 30.9. The first-order valence-corrected chi connectivity index (χ1v) is 13.8. The van der Waals surface area contributed by atoms with E-state index in [4.69, 9.17) is 1.37 Å². The zero-order valence-corrected chi connectivity index (χ0v) is 24.6. The summed E-state index contributed by atoms with van der Waals surface area (Å²) in [5.74, 6) is -3.95. The average Bonchev–Trinajstić information content (AvgIpc) is 3.00. The highest BCUT2D eigenvalue weighted by Crippen LogP contribution is 2.27. The largest absolute Gasteiger partial charge is 0.340 e. The maximum absolute atomic E-state index is 12.8. The Bertz CT molecular complexity index is 2000. The normalized spacial score (nSPS) is 19.4. The molecule has 0 spiro atoms. The van der Waals surface area contributed by atoms with Crippen LogP contribution in [0.1, 0.15) is 56.2 Å². The van der Waals surface area contributed by atoms with Gasteiger partial charge in [0, 0.05) is 31.9 Å². The third kappa shape index (κ3) is 7.30. The van der Waals surface area contributed by atoms with E-state index in [-0.39, 0.29) is 53.7 Å². The molecule has 2 aliphatic rings. The molecule has 2 saturated heterocycles. The van der Waals surface area contributed by atoms with Crippen LogP contribution in [-0.4, -0.2) is 60.9 Å². The van der Waals surface area contributed by atoms with E-state index in [1.165, 1.54) is 38.1 Å². The monoisotopic (exact) mass is 651 g/mol. The summed E-state index contributed by atoms with van der Waals surface area (Å²) in [6.45, 7) is 2.63. The quantitative estimate of drug-likeness (QED) is 0.163. The number of rotatable bonds is 6. The third-order valence-electron chi connectivity index (χ3n) is 6.94. The lowest BCUT2D eigenvalue weighted by Crippen LogP contribution is -2.52. The predicted molar refractivity (Wildman–Crippen MR) is 160 cm³/mol. The fourth-order valence-corrected chi connectivity index (χ4v) is 4.90. The van der Waals surface area contributed by atoms with E-state index in [0.717, 1.165) is 16.7 Å². The second-order valence-electron chi connectivity index (χ2n) is 10.2. The number of carbonyl (C=O) groups is 6. The van der Waals surface area contributed by atoms with Gasteiger partial charge in [-0.3, -0.25) is 69.0 Å². The van der Waals surface area contributed by atoms with Crippen LogP contribution in [0.2, 0.25) is 0 Å². The Hall–Kier alpha value is -6.40. The lowest BCUT2D eigenvalue weighted by Gasteiger charge is -2.24. The zero-order chi connectivity index (χ0) is 35.5. The summed E-state index contributed by atoms with van der Waals surface area (Å²) < 4.78 is 9.19. The topological polar surface area (TPSA) is 272 Å². The Balaban J connectivity index is 0.000000217. The van der Waals surface area contributed by atoms with Crippen LogP contribution in [0.3, 0.4) is 0 Å². The molecule has 2 unspecified atom stereocenters. The molecular weight excluding hydrogens is 624 g/mol. The highest BCUT2D eigenvalue weighted by Gasteiger charge is 2.33. The fourth-order valence-electron chi connectivity index (χ4n) is 4.90. The molecule has 0 saturated carbocycles. The number of nitrogens with one attached hydrogen (secondary N) is 4. The molecule has 47 heavy (non-hydrogen) atoms. The summed E-state index contributed by atoms with van der Waals surface area (Å²) in [7, 11) is 0. The van der Waals surface area contributed by atoms with E-state index in [1.54, 1.807) is 0 Å². The molecule has 244 valence electrons. The van der Waals surface area contributed by atoms with Crippen molar-refractivity contribution in [1.29, 1.82) is 0 Å². The van der Waals surface area contributed by atoms with Crippen molar-refractivity contribution in [2.45, 2.75) is 51.6 Å². The SMILES string of the molecule is CC(=O)Nc1cccc([N+](=O)[O-])c1C(=O)NC1CCC(=O)NC1=O.[2H]C1(n2c(C)nc3cccc([N+](=O)[O-])c3c2=O)CCC(=O)NC1=O. The first-order chi connectivity index (χ1) is 22.5. The Kier molecular flexibility index (Phi) is 9.34. The lowest BCUT2D eigenvalue weighted by molar-refractivity contribution is -0.385. The third-order valence-corrected chi connectivity index (χ3v) is 6.94. The van der Waals surface area contributed by atoms with Gasteiger partial charge in [-0.2, -0.15) is 0 Å². The number of carbonyl (C=O) groups excluding carboxylic acids is 6. The van der Waals surface area contributed by atoms with E-state index in [0.29, 0.717) is 0 Å². The van der Waals surface area contributed by atoms with Crippen molar-refractivity contribution < 1.29 is 40.0 Å². The molecular formula is C28H26N8O11. The van der Waals surface area contributed by atoms with Crippen molar-refractivity contribution >= 4 is 63.4 Å². The summed E-state index contributed by atoms with van der Waals surface area (Å²) in [5.41, 5.74) is -2.10. The van der Waals surface area contributed by atoms with E-state index in [2.05, 4.69) is 20.9 Å². The van der Waals surface area contributed by atoms with Crippen molar-refractivity contribution in [3.8, 4) is 0 Å². The van der Waals surface area contributed by atoms with Crippen LogP contribution < -0.4 is 26.8 Å². The Morgan fingerprint density at radius 2 is 1.53 bits per heavy atom. The first-order valence-electron chi connectivity index (χ1n) is 14.3. The maximum atomic E-state index is 12.8. The van der Waals surface area contributed by atoms with Gasteiger partial charge < -0.3 is 10.6 Å². The number of imide groups is 2. The number of anilines is 1. The number of hydrogen-bond acceptors (Lipinski definition) is 12. The number of hydrogen-bond donors (Lipinski definition) is 4.